The molecule has 0 aliphatic carbocycles. The number of aromatic nitrogens is 1. The zero-order valence-corrected chi connectivity index (χ0v) is 8.62. The molecule has 0 saturated carbocycles. The van der Waals surface area contributed by atoms with Crippen molar-refractivity contribution >= 4 is 11.8 Å². The summed E-state index contributed by atoms with van der Waals surface area (Å²) in [6.45, 7) is 1.86. The van der Waals surface area contributed by atoms with E-state index in [9.17, 15) is 13.2 Å². The van der Waals surface area contributed by atoms with Crippen molar-refractivity contribution in [3.63, 3.8) is 0 Å². The van der Waals surface area contributed by atoms with Crippen molar-refractivity contribution < 1.29 is 13.2 Å². The summed E-state index contributed by atoms with van der Waals surface area (Å²) >= 11 is 1.50. The summed E-state index contributed by atoms with van der Waals surface area (Å²) in [6.07, 6.45) is -1.29. The molecule has 1 aromatic heterocycles. The first-order valence-electron chi connectivity index (χ1n) is 4.01. The molecule has 1 rings (SSSR count). The topological polar surface area (TPSA) is 12.9 Å². The third kappa shape index (κ3) is 2.64. The smallest absolute Gasteiger partial charge is 0.252 e. The molecule has 0 aromatic carbocycles. The highest BCUT2D eigenvalue weighted by Crippen LogP contribution is 2.31. The fourth-order valence-corrected chi connectivity index (χ4v) is 1.41. The lowest BCUT2D eigenvalue weighted by Crippen LogP contribution is -2.08. The van der Waals surface area contributed by atoms with Crippen LogP contribution in [-0.2, 0) is 6.18 Å². The molecule has 0 aliphatic rings. The largest absolute Gasteiger partial charge is 0.433 e. The zero-order valence-electron chi connectivity index (χ0n) is 7.80. The molecule has 14 heavy (non-hydrogen) atoms. The van der Waals surface area contributed by atoms with Crippen LogP contribution in [0.1, 0.15) is 23.4 Å². The molecule has 0 radical (unpaired) electrons. The van der Waals surface area contributed by atoms with E-state index in [0.29, 0.717) is 5.56 Å². The summed E-state index contributed by atoms with van der Waals surface area (Å²) < 4.78 is 36.8. The van der Waals surface area contributed by atoms with E-state index in [2.05, 4.69) is 4.98 Å². The number of hydrogen-bond acceptors (Lipinski definition) is 2. The average Bonchev–Trinajstić information content (AvgIpc) is 2.15. The Bertz CT molecular complexity index is 311. The van der Waals surface area contributed by atoms with Crippen LogP contribution in [0.25, 0.3) is 0 Å². The first-order chi connectivity index (χ1) is 6.45. The Kier molecular flexibility index (Phi) is 3.42. The predicted molar refractivity (Wildman–Crippen MR) is 51.2 cm³/mol. The molecular formula is C9H10F3NS. The first-order valence-corrected chi connectivity index (χ1v) is 5.30. The molecule has 0 saturated heterocycles. The second-order valence-corrected chi connectivity index (χ2v) is 4.03. The minimum Gasteiger partial charge on any atom is -0.252 e. The first kappa shape index (κ1) is 11.4. The average molecular weight is 221 g/mol. The van der Waals surface area contributed by atoms with Gasteiger partial charge in [-0.15, -0.1) is 0 Å². The maximum absolute atomic E-state index is 12.3. The molecule has 1 aromatic rings. The van der Waals surface area contributed by atoms with Crippen molar-refractivity contribution in [2.45, 2.75) is 18.3 Å². The van der Waals surface area contributed by atoms with E-state index in [1.54, 1.807) is 6.07 Å². The number of halogens is 3. The van der Waals surface area contributed by atoms with Gasteiger partial charge in [0.2, 0.25) is 0 Å². The van der Waals surface area contributed by atoms with Crippen molar-refractivity contribution in [2.75, 3.05) is 6.26 Å². The van der Waals surface area contributed by atoms with E-state index < -0.39 is 11.9 Å². The molecule has 0 spiro atoms. The number of nitrogens with zero attached hydrogens (tertiary/aromatic N) is 1. The van der Waals surface area contributed by atoms with Crippen LogP contribution in [0.4, 0.5) is 13.2 Å². The van der Waals surface area contributed by atoms with E-state index in [1.165, 1.54) is 18.0 Å². The minimum absolute atomic E-state index is 0.0547. The highest BCUT2D eigenvalue weighted by Gasteiger charge is 2.32. The van der Waals surface area contributed by atoms with Crippen LogP contribution in [0.15, 0.2) is 18.3 Å². The summed E-state index contributed by atoms with van der Waals surface area (Å²) in [5.74, 6) is 0. The van der Waals surface area contributed by atoms with Crippen LogP contribution in [-0.4, -0.2) is 11.2 Å². The molecule has 78 valence electrons. The Morgan fingerprint density at radius 2 is 2.07 bits per heavy atom. The molecule has 1 unspecified atom stereocenters. The van der Waals surface area contributed by atoms with Gasteiger partial charge in [-0.05, 0) is 30.9 Å². The molecule has 0 N–H and O–H groups in total. The van der Waals surface area contributed by atoms with Crippen LogP contribution in [0.3, 0.4) is 0 Å². The number of alkyl halides is 3. The van der Waals surface area contributed by atoms with Crippen LogP contribution in [0.5, 0.6) is 0 Å². The lowest BCUT2D eigenvalue weighted by molar-refractivity contribution is -0.141. The lowest BCUT2D eigenvalue weighted by atomic mass is 10.2. The van der Waals surface area contributed by atoms with E-state index in [1.807, 2.05) is 13.2 Å². The van der Waals surface area contributed by atoms with Gasteiger partial charge >= 0.3 is 6.18 Å². The number of thioether (sulfide) groups is 1. The van der Waals surface area contributed by atoms with Crippen LogP contribution >= 0.6 is 11.8 Å². The highest BCUT2D eigenvalue weighted by molar-refractivity contribution is 7.98. The zero-order chi connectivity index (χ0) is 10.8. The Labute approximate surface area is 84.7 Å². The van der Waals surface area contributed by atoms with Crippen molar-refractivity contribution in [1.82, 2.24) is 4.98 Å². The predicted octanol–water partition coefficient (Wildman–Crippen LogP) is 3.52. The Morgan fingerprint density at radius 1 is 1.43 bits per heavy atom. The molecule has 1 atom stereocenters. The number of pyridine rings is 1. The van der Waals surface area contributed by atoms with Gasteiger partial charge in [0.25, 0.3) is 0 Å². The molecule has 0 aliphatic heterocycles. The van der Waals surface area contributed by atoms with Crippen molar-refractivity contribution in [3.8, 4) is 0 Å². The van der Waals surface area contributed by atoms with Gasteiger partial charge in [-0.25, -0.2) is 0 Å². The Morgan fingerprint density at radius 3 is 2.57 bits per heavy atom. The standard InChI is InChI=1S/C9H10F3NS/c1-6(14-2)7-3-4-13-8(5-7)9(10,11)12/h3-6H,1-2H3. The summed E-state index contributed by atoms with van der Waals surface area (Å²) in [5.41, 5.74) is -0.171. The third-order valence-electron chi connectivity index (χ3n) is 1.90. The molecule has 5 heteroatoms. The van der Waals surface area contributed by atoms with Crippen LogP contribution in [0, 0.1) is 0 Å². The maximum Gasteiger partial charge on any atom is 0.433 e. The van der Waals surface area contributed by atoms with Crippen molar-refractivity contribution in [1.29, 1.82) is 0 Å². The second-order valence-electron chi connectivity index (χ2n) is 2.85. The molecule has 1 nitrogen and oxygen atoms in total. The van der Waals surface area contributed by atoms with E-state index >= 15 is 0 Å². The van der Waals surface area contributed by atoms with Crippen LogP contribution in [0.2, 0.25) is 0 Å². The maximum atomic E-state index is 12.3. The molecular weight excluding hydrogens is 211 g/mol. The molecule has 0 fully saturated rings. The monoisotopic (exact) mass is 221 g/mol. The normalized spacial score (nSPS) is 14.1. The fraction of sp³-hybridized carbons (Fsp3) is 0.444. The lowest BCUT2D eigenvalue weighted by Gasteiger charge is -2.11. The van der Waals surface area contributed by atoms with Gasteiger partial charge in [0, 0.05) is 11.4 Å². The number of hydrogen-bond donors (Lipinski definition) is 0. The van der Waals surface area contributed by atoms with Crippen molar-refractivity contribution in [2.24, 2.45) is 0 Å². The quantitative estimate of drug-likeness (QED) is 0.757. The Hall–Kier alpha value is -0.710. The molecule has 0 amide bonds. The second kappa shape index (κ2) is 4.21. The van der Waals surface area contributed by atoms with Crippen molar-refractivity contribution in [3.05, 3.63) is 29.6 Å². The van der Waals surface area contributed by atoms with Gasteiger partial charge in [0.05, 0.1) is 0 Å². The van der Waals surface area contributed by atoms with Gasteiger partial charge in [0.15, 0.2) is 0 Å². The number of rotatable bonds is 2. The van der Waals surface area contributed by atoms with E-state index in [-0.39, 0.29) is 5.25 Å². The summed E-state index contributed by atoms with van der Waals surface area (Å²) in [4.78, 5) is 3.29. The van der Waals surface area contributed by atoms with E-state index in [0.717, 1.165) is 6.07 Å². The summed E-state index contributed by atoms with van der Waals surface area (Å²) in [6, 6.07) is 2.71. The molecule has 1 heterocycles. The van der Waals surface area contributed by atoms with Crippen LogP contribution < -0.4 is 0 Å². The molecule has 0 bridgehead atoms. The summed E-state index contributed by atoms with van der Waals surface area (Å²) in [7, 11) is 0. The van der Waals surface area contributed by atoms with Gasteiger partial charge in [-0.1, -0.05) is 0 Å². The van der Waals surface area contributed by atoms with E-state index in [4.69, 9.17) is 0 Å². The SMILES string of the molecule is CSC(C)c1ccnc(C(F)(F)F)c1. The van der Waals surface area contributed by atoms with Gasteiger partial charge in [-0.3, -0.25) is 4.98 Å². The minimum atomic E-state index is -4.35. The third-order valence-corrected chi connectivity index (χ3v) is 2.88. The fourth-order valence-electron chi connectivity index (χ4n) is 0.991. The Balaban J connectivity index is 3.01. The van der Waals surface area contributed by atoms with Gasteiger partial charge in [-0.2, -0.15) is 24.9 Å². The van der Waals surface area contributed by atoms with Gasteiger partial charge in [0.1, 0.15) is 5.69 Å². The summed E-state index contributed by atoms with van der Waals surface area (Å²) in [5, 5.41) is 0.0547. The van der Waals surface area contributed by atoms with Gasteiger partial charge < -0.3 is 0 Å². The highest BCUT2D eigenvalue weighted by atomic mass is 32.2.